The number of fused-ring (bicyclic) bond motifs is 5. The van der Waals surface area contributed by atoms with Crippen molar-refractivity contribution in [2.75, 3.05) is 0 Å². The van der Waals surface area contributed by atoms with Gasteiger partial charge in [0.1, 0.15) is 0 Å². The minimum absolute atomic E-state index is 0.121. The predicted octanol–water partition coefficient (Wildman–Crippen LogP) is 4.02. The normalized spacial score (nSPS) is 47.3. The topological polar surface area (TPSA) is 46.2 Å². The van der Waals surface area contributed by atoms with Crippen molar-refractivity contribution < 1.29 is 9.59 Å². The van der Waals surface area contributed by atoms with Crippen molar-refractivity contribution in [3.63, 3.8) is 0 Å². The van der Waals surface area contributed by atoms with Gasteiger partial charge in [0.05, 0.1) is 0 Å². The lowest BCUT2D eigenvalue weighted by atomic mass is 9.47. The fourth-order valence-electron chi connectivity index (χ4n) is 7.04. The van der Waals surface area contributed by atoms with E-state index in [2.05, 4.69) is 19.2 Å². The lowest BCUT2D eigenvalue weighted by molar-refractivity contribution is -0.121. The van der Waals surface area contributed by atoms with Crippen molar-refractivity contribution >= 4 is 11.7 Å². The molecule has 4 aliphatic rings. The summed E-state index contributed by atoms with van der Waals surface area (Å²) in [6.45, 7) is 6.52. The number of hydrogen-bond donors (Lipinski definition) is 1. The van der Waals surface area contributed by atoms with Crippen LogP contribution in [0.1, 0.15) is 72.1 Å². The molecule has 0 spiro atoms. The molecule has 4 aliphatic carbocycles. The molecule has 3 saturated carbocycles. The number of ketones is 1. The van der Waals surface area contributed by atoms with Crippen LogP contribution in [0.15, 0.2) is 11.6 Å². The van der Waals surface area contributed by atoms with Gasteiger partial charge < -0.3 is 5.32 Å². The molecular formula is C21H31NO2. The van der Waals surface area contributed by atoms with E-state index >= 15 is 0 Å². The summed E-state index contributed by atoms with van der Waals surface area (Å²) in [6, 6.07) is 0.360. The lowest BCUT2D eigenvalue weighted by Gasteiger charge is -2.58. The van der Waals surface area contributed by atoms with Crippen molar-refractivity contribution in [3.05, 3.63) is 11.6 Å². The summed E-state index contributed by atoms with van der Waals surface area (Å²) in [5.41, 5.74) is 1.97. The highest BCUT2D eigenvalue weighted by Crippen LogP contribution is 2.65. The van der Waals surface area contributed by atoms with E-state index in [1.54, 1.807) is 6.92 Å². The van der Waals surface area contributed by atoms with Gasteiger partial charge in [-0.15, -0.1) is 0 Å². The molecule has 0 aromatic carbocycles. The van der Waals surface area contributed by atoms with Gasteiger partial charge in [0.15, 0.2) is 5.78 Å². The fourth-order valence-corrected chi connectivity index (χ4v) is 7.04. The zero-order chi connectivity index (χ0) is 17.1. The Kier molecular flexibility index (Phi) is 3.71. The zero-order valence-electron chi connectivity index (χ0n) is 15.4. The third-order valence-corrected chi connectivity index (χ3v) is 8.34. The largest absolute Gasteiger partial charge is 0.353 e. The second-order valence-corrected chi connectivity index (χ2v) is 9.34. The molecule has 0 heterocycles. The standard InChI is InChI=1S/C21H31NO2/c1-13(23)22-19-7-6-17-16-5-4-14-12-15(24)8-10-20(14,2)18(16)9-11-21(17,19)3/h12,16-19H,4-11H2,1-3H3,(H,22,23)/t16-,17-,18-,19+,20+,21+/m1/s1. The third-order valence-electron chi connectivity index (χ3n) is 8.34. The van der Waals surface area contributed by atoms with Crippen molar-refractivity contribution in [2.24, 2.45) is 28.6 Å². The zero-order valence-corrected chi connectivity index (χ0v) is 15.4. The quantitative estimate of drug-likeness (QED) is 0.789. The summed E-state index contributed by atoms with van der Waals surface area (Å²) in [5, 5.41) is 3.25. The second kappa shape index (κ2) is 5.44. The highest BCUT2D eigenvalue weighted by atomic mass is 16.1. The maximum absolute atomic E-state index is 11.9. The minimum atomic E-state index is 0.121. The SMILES string of the molecule is CC(=O)N[C@H]1CC[C@@H]2[C@H]3CCC4=CC(=O)CC[C@]4(C)[C@@H]3CC[C@]12C. The van der Waals surface area contributed by atoms with Crippen LogP contribution in [0.25, 0.3) is 0 Å². The number of nitrogens with one attached hydrogen (secondary N) is 1. The van der Waals surface area contributed by atoms with Crippen LogP contribution in [0.3, 0.4) is 0 Å². The van der Waals surface area contributed by atoms with E-state index in [1.165, 1.54) is 31.3 Å². The van der Waals surface area contributed by atoms with Crippen LogP contribution in [0, 0.1) is 28.6 Å². The van der Waals surface area contributed by atoms with Gasteiger partial charge in [-0.25, -0.2) is 0 Å². The van der Waals surface area contributed by atoms with Crippen LogP contribution in [-0.4, -0.2) is 17.7 Å². The first kappa shape index (κ1) is 16.4. The molecule has 24 heavy (non-hydrogen) atoms. The van der Waals surface area contributed by atoms with Gasteiger partial charge >= 0.3 is 0 Å². The Morgan fingerprint density at radius 2 is 1.88 bits per heavy atom. The molecule has 1 N–H and O–H groups in total. The van der Waals surface area contributed by atoms with Crippen LogP contribution in [0.4, 0.5) is 0 Å². The number of amides is 1. The van der Waals surface area contributed by atoms with Crippen LogP contribution in [-0.2, 0) is 9.59 Å². The molecule has 4 rings (SSSR count). The first-order valence-corrected chi connectivity index (χ1v) is 9.85. The van der Waals surface area contributed by atoms with E-state index in [0.717, 1.165) is 43.4 Å². The van der Waals surface area contributed by atoms with Gasteiger partial charge in [-0.3, -0.25) is 9.59 Å². The third kappa shape index (κ3) is 2.23. The predicted molar refractivity (Wildman–Crippen MR) is 94.3 cm³/mol. The van der Waals surface area contributed by atoms with Crippen LogP contribution >= 0.6 is 0 Å². The molecule has 3 fully saturated rings. The van der Waals surface area contributed by atoms with Crippen molar-refractivity contribution in [2.45, 2.75) is 78.2 Å². The Labute approximate surface area is 145 Å². The van der Waals surface area contributed by atoms with E-state index < -0.39 is 0 Å². The smallest absolute Gasteiger partial charge is 0.217 e. The second-order valence-electron chi connectivity index (χ2n) is 9.34. The molecule has 3 nitrogen and oxygen atoms in total. The molecule has 0 unspecified atom stereocenters. The summed E-state index contributed by atoms with van der Waals surface area (Å²) >= 11 is 0. The molecular weight excluding hydrogens is 298 g/mol. The first-order valence-electron chi connectivity index (χ1n) is 9.85. The van der Waals surface area contributed by atoms with Crippen LogP contribution in [0.2, 0.25) is 0 Å². The number of carbonyl (C=O) groups is 2. The van der Waals surface area contributed by atoms with Gasteiger partial charge in [0, 0.05) is 19.4 Å². The summed E-state index contributed by atoms with van der Waals surface area (Å²) in [4.78, 5) is 23.5. The van der Waals surface area contributed by atoms with Crippen molar-refractivity contribution in [1.82, 2.24) is 5.32 Å². The van der Waals surface area contributed by atoms with E-state index in [1.807, 2.05) is 6.08 Å². The van der Waals surface area contributed by atoms with Gasteiger partial charge in [0.25, 0.3) is 0 Å². The Bertz CT molecular complexity index is 609. The number of rotatable bonds is 1. The Hall–Kier alpha value is -1.12. The maximum Gasteiger partial charge on any atom is 0.217 e. The van der Waals surface area contributed by atoms with E-state index in [-0.39, 0.29) is 16.7 Å². The molecule has 0 aromatic rings. The molecule has 1 amide bonds. The van der Waals surface area contributed by atoms with Crippen LogP contribution < -0.4 is 5.32 Å². The Morgan fingerprint density at radius 1 is 1.08 bits per heavy atom. The van der Waals surface area contributed by atoms with Crippen molar-refractivity contribution in [1.29, 1.82) is 0 Å². The van der Waals surface area contributed by atoms with Crippen molar-refractivity contribution in [3.8, 4) is 0 Å². The number of carbonyl (C=O) groups excluding carboxylic acids is 2. The summed E-state index contributed by atoms with van der Waals surface area (Å²) in [6.07, 6.45) is 11.0. The average Bonchev–Trinajstić information content (AvgIpc) is 2.84. The molecule has 0 radical (unpaired) electrons. The molecule has 132 valence electrons. The highest BCUT2D eigenvalue weighted by molar-refractivity contribution is 5.91. The minimum Gasteiger partial charge on any atom is -0.353 e. The van der Waals surface area contributed by atoms with Gasteiger partial charge in [0.2, 0.25) is 5.91 Å². The summed E-state index contributed by atoms with van der Waals surface area (Å²) in [7, 11) is 0. The van der Waals surface area contributed by atoms with E-state index in [0.29, 0.717) is 11.8 Å². The maximum atomic E-state index is 11.9. The van der Waals surface area contributed by atoms with Gasteiger partial charge in [-0.05, 0) is 79.6 Å². The molecule has 0 aromatic heterocycles. The number of hydrogen-bond acceptors (Lipinski definition) is 2. The Morgan fingerprint density at radius 3 is 2.62 bits per heavy atom. The summed E-state index contributed by atoms with van der Waals surface area (Å²) < 4.78 is 0. The monoisotopic (exact) mass is 329 g/mol. The van der Waals surface area contributed by atoms with E-state index in [9.17, 15) is 9.59 Å². The first-order chi connectivity index (χ1) is 11.3. The molecule has 3 heteroatoms. The molecule has 0 bridgehead atoms. The Balaban J connectivity index is 1.62. The fraction of sp³-hybridized carbons (Fsp3) is 0.810. The van der Waals surface area contributed by atoms with Crippen LogP contribution in [0.5, 0.6) is 0 Å². The lowest BCUT2D eigenvalue weighted by Crippen LogP contribution is -2.53. The van der Waals surface area contributed by atoms with Gasteiger partial charge in [-0.2, -0.15) is 0 Å². The molecule has 0 saturated heterocycles. The van der Waals surface area contributed by atoms with Gasteiger partial charge in [-0.1, -0.05) is 19.4 Å². The highest BCUT2D eigenvalue weighted by Gasteiger charge is 2.59. The number of allylic oxidation sites excluding steroid dienone is 1. The molecule has 6 atom stereocenters. The summed E-state index contributed by atoms with van der Waals surface area (Å²) in [5.74, 6) is 2.71. The molecule has 0 aliphatic heterocycles. The average molecular weight is 329 g/mol. The van der Waals surface area contributed by atoms with E-state index in [4.69, 9.17) is 0 Å².